The molecule has 18 heavy (non-hydrogen) atoms. The smallest absolute Gasteiger partial charge is 0.161 e. The van der Waals surface area contributed by atoms with Crippen LogP contribution < -0.4 is 4.90 Å². The van der Waals surface area contributed by atoms with Crippen LogP contribution in [0.4, 0.5) is 5.82 Å². The van der Waals surface area contributed by atoms with Crippen molar-refractivity contribution < 1.29 is 4.74 Å². The summed E-state index contributed by atoms with van der Waals surface area (Å²) in [4.78, 5) is 11.3. The highest BCUT2D eigenvalue weighted by molar-refractivity contribution is 5.86. The molecule has 2 aliphatic heterocycles. The summed E-state index contributed by atoms with van der Waals surface area (Å²) in [7, 11) is 0. The zero-order valence-electron chi connectivity index (χ0n) is 10.3. The Morgan fingerprint density at radius 3 is 2.83 bits per heavy atom. The number of nitrogens with zero attached hydrogens (tertiary/aromatic N) is 4. The van der Waals surface area contributed by atoms with Gasteiger partial charge in [0.25, 0.3) is 0 Å². The average molecular weight is 245 g/mol. The first kappa shape index (κ1) is 10.3. The number of rotatable bonds is 1. The van der Waals surface area contributed by atoms with Gasteiger partial charge < -0.3 is 9.64 Å². The maximum atomic E-state index is 5.86. The van der Waals surface area contributed by atoms with Crippen LogP contribution in [0, 0.1) is 6.92 Å². The Kier molecular flexibility index (Phi) is 2.08. The minimum Gasteiger partial charge on any atom is -0.371 e. The summed E-state index contributed by atoms with van der Waals surface area (Å²) in [6.45, 7) is 3.76. The van der Waals surface area contributed by atoms with Gasteiger partial charge in [0.2, 0.25) is 0 Å². The standard InChI is InChI=1S/C12H15N5O/c1-7-14-11-10(4-13-16-11)12(15-7)17-5-8-2-3-9(6-17)18-8/h4,8-9H,2-3,5-6H2,1H3,(H,13,14,15,16). The maximum absolute atomic E-state index is 5.86. The Morgan fingerprint density at radius 1 is 1.28 bits per heavy atom. The summed E-state index contributed by atoms with van der Waals surface area (Å²) in [5.74, 6) is 1.77. The average Bonchev–Trinajstić information content (AvgIpc) is 2.94. The van der Waals surface area contributed by atoms with Crippen molar-refractivity contribution in [1.29, 1.82) is 0 Å². The molecule has 0 aliphatic carbocycles. The van der Waals surface area contributed by atoms with E-state index in [2.05, 4.69) is 25.1 Å². The van der Waals surface area contributed by atoms with E-state index in [0.717, 1.165) is 35.8 Å². The fraction of sp³-hybridized carbons (Fsp3) is 0.583. The van der Waals surface area contributed by atoms with Gasteiger partial charge in [-0.1, -0.05) is 0 Å². The molecule has 0 saturated carbocycles. The first-order valence-corrected chi connectivity index (χ1v) is 6.38. The number of hydrogen-bond donors (Lipinski definition) is 1. The van der Waals surface area contributed by atoms with Crippen molar-refractivity contribution >= 4 is 16.9 Å². The highest BCUT2D eigenvalue weighted by atomic mass is 16.5. The number of aromatic nitrogens is 4. The van der Waals surface area contributed by atoms with Crippen molar-refractivity contribution in [1.82, 2.24) is 20.2 Å². The maximum Gasteiger partial charge on any atom is 0.161 e. The lowest BCUT2D eigenvalue weighted by atomic mass is 10.2. The zero-order chi connectivity index (χ0) is 12.1. The molecule has 2 fully saturated rings. The van der Waals surface area contributed by atoms with E-state index in [1.54, 1.807) is 0 Å². The molecule has 2 aromatic rings. The summed E-state index contributed by atoms with van der Waals surface area (Å²) in [6.07, 6.45) is 4.86. The molecular weight excluding hydrogens is 230 g/mol. The van der Waals surface area contributed by atoms with Crippen molar-refractivity contribution in [2.45, 2.75) is 32.0 Å². The molecule has 0 radical (unpaired) electrons. The number of ether oxygens (including phenoxy) is 1. The van der Waals surface area contributed by atoms with Crippen LogP contribution in [0.2, 0.25) is 0 Å². The molecule has 94 valence electrons. The molecule has 2 aliphatic rings. The van der Waals surface area contributed by atoms with E-state index in [4.69, 9.17) is 4.74 Å². The summed E-state index contributed by atoms with van der Waals surface area (Å²) in [5.41, 5.74) is 0.816. The van der Waals surface area contributed by atoms with Gasteiger partial charge in [-0.15, -0.1) is 0 Å². The minimum atomic E-state index is 0.362. The molecule has 0 aromatic carbocycles. The SMILES string of the molecule is Cc1nc(N2CC3CCC(C2)O3)c2cn[nH]c2n1. The molecule has 0 spiro atoms. The highest BCUT2D eigenvalue weighted by Crippen LogP contribution is 2.31. The van der Waals surface area contributed by atoms with Gasteiger partial charge in [-0.2, -0.15) is 5.10 Å². The van der Waals surface area contributed by atoms with Gasteiger partial charge in [0.15, 0.2) is 5.65 Å². The van der Waals surface area contributed by atoms with Crippen molar-refractivity contribution in [2.24, 2.45) is 0 Å². The van der Waals surface area contributed by atoms with E-state index in [-0.39, 0.29) is 0 Å². The first-order chi connectivity index (χ1) is 8.79. The molecule has 2 bridgehead atoms. The van der Waals surface area contributed by atoms with Crippen LogP contribution in [-0.2, 0) is 4.74 Å². The van der Waals surface area contributed by atoms with Crippen LogP contribution in [0.5, 0.6) is 0 Å². The Labute approximate surface area is 104 Å². The van der Waals surface area contributed by atoms with Crippen molar-refractivity contribution in [3.05, 3.63) is 12.0 Å². The largest absolute Gasteiger partial charge is 0.371 e. The van der Waals surface area contributed by atoms with Crippen LogP contribution in [0.15, 0.2) is 6.20 Å². The fourth-order valence-electron chi connectivity index (χ4n) is 2.96. The van der Waals surface area contributed by atoms with Crippen LogP contribution in [-0.4, -0.2) is 45.5 Å². The van der Waals surface area contributed by atoms with E-state index < -0.39 is 0 Å². The number of anilines is 1. The number of H-pyrrole nitrogens is 1. The van der Waals surface area contributed by atoms with E-state index in [1.165, 1.54) is 12.8 Å². The molecule has 2 aromatic heterocycles. The lowest BCUT2D eigenvalue weighted by Crippen LogP contribution is -2.43. The zero-order valence-corrected chi connectivity index (χ0v) is 10.3. The molecule has 1 N–H and O–H groups in total. The second kappa shape index (κ2) is 3.65. The summed E-state index contributed by atoms with van der Waals surface area (Å²) >= 11 is 0. The Hall–Kier alpha value is -1.69. The second-order valence-electron chi connectivity index (χ2n) is 5.09. The van der Waals surface area contributed by atoms with Gasteiger partial charge in [0, 0.05) is 13.1 Å². The van der Waals surface area contributed by atoms with Gasteiger partial charge in [0.1, 0.15) is 11.6 Å². The van der Waals surface area contributed by atoms with Crippen LogP contribution >= 0.6 is 0 Å². The minimum absolute atomic E-state index is 0.362. The van der Waals surface area contributed by atoms with Crippen molar-refractivity contribution in [3.63, 3.8) is 0 Å². The van der Waals surface area contributed by atoms with Crippen LogP contribution in [0.3, 0.4) is 0 Å². The van der Waals surface area contributed by atoms with Crippen LogP contribution in [0.25, 0.3) is 11.0 Å². The third-order valence-corrected chi connectivity index (χ3v) is 3.74. The topological polar surface area (TPSA) is 66.9 Å². The normalized spacial score (nSPS) is 27.1. The fourth-order valence-corrected chi connectivity index (χ4v) is 2.96. The van der Waals surface area contributed by atoms with Crippen molar-refractivity contribution in [2.75, 3.05) is 18.0 Å². The van der Waals surface area contributed by atoms with E-state index >= 15 is 0 Å². The third kappa shape index (κ3) is 1.49. The molecule has 2 saturated heterocycles. The molecule has 6 heteroatoms. The summed E-state index contributed by atoms with van der Waals surface area (Å²) in [5, 5.41) is 7.99. The van der Waals surface area contributed by atoms with Crippen LogP contribution in [0.1, 0.15) is 18.7 Å². The number of morpholine rings is 1. The first-order valence-electron chi connectivity index (χ1n) is 6.38. The van der Waals surface area contributed by atoms with E-state index in [0.29, 0.717) is 12.2 Å². The van der Waals surface area contributed by atoms with E-state index in [9.17, 15) is 0 Å². The molecule has 2 atom stereocenters. The molecule has 0 amide bonds. The quantitative estimate of drug-likeness (QED) is 0.812. The lowest BCUT2D eigenvalue weighted by Gasteiger charge is -2.33. The lowest BCUT2D eigenvalue weighted by molar-refractivity contribution is 0.0303. The monoisotopic (exact) mass is 245 g/mol. The predicted octanol–water partition coefficient (Wildman–Crippen LogP) is 1.03. The van der Waals surface area contributed by atoms with Gasteiger partial charge >= 0.3 is 0 Å². The second-order valence-corrected chi connectivity index (χ2v) is 5.09. The molecule has 2 unspecified atom stereocenters. The molecule has 4 heterocycles. The summed E-state index contributed by atoms with van der Waals surface area (Å²) < 4.78 is 5.86. The van der Waals surface area contributed by atoms with Gasteiger partial charge in [-0.05, 0) is 19.8 Å². The Balaban J connectivity index is 1.79. The van der Waals surface area contributed by atoms with Gasteiger partial charge in [-0.25, -0.2) is 9.97 Å². The number of aromatic amines is 1. The van der Waals surface area contributed by atoms with E-state index in [1.807, 2.05) is 13.1 Å². The Bertz CT molecular complexity index is 583. The predicted molar refractivity (Wildman–Crippen MR) is 66.5 cm³/mol. The molecular formula is C12H15N5O. The Morgan fingerprint density at radius 2 is 2.06 bits per heavy atom. The third-order valence-electron chi connectivity index (χ3n) is 3.74. The molecule has 4 rings (SSSR count). The number of fused-ring (bicyclic) bond motifs is 3. The number of aryl methyl sites for hydroxylation is 1. The summed E-state index contributed by atoms with van der Waals surface area (Å²) in [6, 6.07) is 0. The van der Waals surface area contributed by atoms with Gasteiger partial charge in [0.05, 0.1) is 23.8 Å². The number of hydrogen-bond acceptors (Lipinski definition) is 5. The highest BCUT2D eigenvalue weighted by Gasteiger charge is 2.35. The number of nitrogens with one attached hydrogen (secondary N) is 1. The van der Waals surface area contributed by atoms with Crippen molar-refractivity contribution in [3.8, 4) is 0 Å². The molecule has 6 nitrogen and oxygen atoms in total. The van der Waals surface area contributed by atoms with Gasteiger partial charge in [-0.3, -0.25) is 5.10 Å².